The molecule has 0 radical (unpaired) electrons. The number of aliphatic hydroxyl groups excluding tert-OH is 1. The number of benzene rings is 1. The van der Waals surface area contributed by atoms with Gasteiger partial charge in [-0.2, -0.15) is 0 Å². The number of carbonyl (C=O) groups excluding carboxylic acids is 1. The minimum atomic E-state index is -0.448. The van der Waals surface area contributed by atoms with Gasteiger partial charge in [0.15, 0.2) is 0 Å². The molecule has 0 aromatic heterocycles. The molecule has 0 aliphatic heterocycles. The van der Waals surface area contributed by atoms with Gasteiger partial charge < -0.3 is 20.5 Å². The van der Waals surface area contributed by atoms with Gasteiger partial charge in [-0.3, -0.25) is 0 Å². The highest BCUT2D eigenvalue weighted by molar-refractivity contribution is 5.91. The maximum atomic E-state index is 12.0. The Morgan fingerprint density at radius 1 is 1.35 bits per heavy atom. The lowest BCUT2D eigenvalue weighted by molar-refractivity contribution is 0.0955. The van der Waals surface area contributed by atoms with Gasteiger partial charge in [0.05, 0.1) is 24.4 Å². The van der Waals surface area contributed by atoms with Crippen LogP contribution in [-0.4, -0.2) is 29.9 Å². The number of para-hydroxylation sites is 2. The van der Waals surface area contributed by atoms with Crippen LogP contribution in [-0.2, 0) is 0 Å². The molecule has 1 aliphatic rings. The van der Waals surface area contributed by atoms with Gasteiger partial charge in [-0.25, -0.2) is 4.79 Å². The SMILES string of the molecule is CCOc1ccccc1NC(=O)N[C@@H]1CCCC[C@H]1O. The number of hydrogen-bond donors (Lipinski definition) is 3. The monoisotopic (exact) mass is 278 g/mol. The number of aliphatic hydroxyl groups is 1. The molecule has 1 aromatic rings. The molecule has 2 amide bonds. The second kappa shape index (κ2) is 7.14. The molecule has 0 saturated heterocycles. The first-order chi connectivity index (χ1) is 9.70. The quantitative estimate of drug-likeness (QED) is 0.792. The summed E-state index contributed by atoms with van der Waals surface area (Å²) in [7, 11) is 0. The Bertz CT molecular complexity index is 450. The van der Waals surface area contributed by atoms with Crippen molar-refractivity contribution in [2.24, 2.45) is 0 Å². The normalized spacial score (nSPS) is 22.1. The summed E-state index contributed by atoms with van der Waals surface area (Å²) in [5.74, 6) is 0.648. The van der Waals surface area contributed by atoms with Gasteiger partial charge in [0.25, 0.3) is 0 Å². The fraction of sp³-hybridized carbons (Fsp3) is 0.533. The Morgan fingerprint density at radius 3 is 2.85 bits per heavy atom. The van der Waals surface area contributed by atoms with E-state index in [4.69, 9.17) is 4.74 Å². The van der Waals surface area contributed by atoms with Gasteiger partial charge in [0.2, 0.25) is 0 Å². The molecule has 110 valence electrons. The zero-order chi connectivity index (χ0) is 14.4. The van der Waals surface area contributed by atoms with Crippen LogP contribution in [0.25, 0.3) is 0 Å². The van der Waals surface area contributed by atoms with Crippen LogP contribution in [0.15, 0.2) is 24.3 Å². The van der Waals surface area contributed by atoms with Crippen LogP contribution in [0, 0.1) is 0 Å². The number of nitrogens with one attached hydrogen (secondary N) is 2. The van der Waals surface area contributed by atoms with Crippen LogP contribution in [0.2, 0.25) is 0 Å². The van der Waals surface area contributed by atoms with Gasteiger partial charge in [-0.15, -0.1) is 0 Å². The highest BCUT2D eigenvalue weighted by Crippen LogP contribution is 2.24. The Balaban J connectivity index is 1.94. The molecule has 1 aromatic carbocycles. The minimum Gasteiger partial charge on any atom is -0.492 e. The summed E-state index contributed by atoms with van der Waals surface area (Å²) in [5.41, 5.74) is 0.636. The highest BCUT2D eigenvalue weighted by Gasteiger charge is 2.24. The molecule has 5 nitrogen and oxygen atoms in total. The van der Waals surface area contributed by atoms with Gasteiger partial charge in [-0.1, -0.05) is 25.0 Å². The van der Waals surface area contributed by atoms with Crippen molar-refractivity contribution in [3.05, 3.63) is 24.3 Å². The molecule has 1 saturated carbocycles. The van der Waals surface area contributed by atoms with E-state index in [-0.39, 0.29) is 12.1 Å². The van der Waals surface area contributed by atoms with Gasteiger partial charge in [0, 0.05) is 0 Å². The zero-order valence-corrected chi connectivity index (χ0v) is 11.8. The Hall–Kier alpha value is -1.75. The molecule has 1 fully saturated rings. The lowest BCUT2D eigenvalue weighted by atomic mass is 9.93. The van der Waals surface area contributed by atoms with Gasteiger partial charge in [-0.05, 0) is 31.9 Å². The maximum absolute atomic E-state index is 12.0. The predicted molar refractivity (Wildman–Crippen MR) is 78.0 cm³/mol. The topological polar surface area (TPSA) is 70.6 Å². The molecule has 0 bridgehead atoms. The van der Waals surface area contributed by atoms with E-state index >= 15 is 0 Å². The highest BCUT2D eigenvalue weighted by atomic mass is 16.5. The van der Waals surface area contributed by atoms with Crippen molar-refractivity contribution in [2.75, 3.05) is 11.9 Å². The van der Waals surface area contributed by atoms with Crippen LogP contribution in [0.5, 0.6) is 5.75 Å². The van der Waals surface area contributed by atoms with E-state index in [0.29, 0.717) is 18.0 Å². The Morgan fingerprint density at radius 2 is 2.10 bits per heavy atom. The molecule has 3 N–H and O–H groups in total. The third kappa shape index (κ3) is 3.87. The summed E-state index contributed by atoms with van der Waals surface area (Å²) in [6, 6.07) is 6.84. The van der Waals surface area contributed by atoms with E-state index in [1.807, 2.05) is 25.1 Å². The number of urea groups is 1. The zero-order valence-electron chi connectivity index (χ0n) is 11.8. The second-order valence-corrected chi connectivity index (χ2v) is 4.99. The largest absolute Gasteiger partial charge is 0.492 e. The smallest absolute Gasteiger partial charge is 0.319 e. The van der Waals surface area contributed by atoms with E-state index in [1.165, 1.54) is 0 Å². The Labute approximate surface area is 119 Å². The molecule has 2 rings (SSSR count). The number of hydrogen-bond acceptors (Lipinski definition) is 3. The second-order valence-electron chi connectivity index (χ2n) is 4.99. The third-order valence-electron chi connectivity index (χ3n) is 3.48. The fourth-order valence-corrected chi connectivity index (χ4v) is 2.46. The maximum Gasteiger partial charge on any atom is 0.319 e. The summed E-state index contributed by atoms with van der Waals surface area (Å²) in [5, 5.41) is 15.5. The van der Waals surface area contributed by atoms with Crippen LogP contribution < -0.4 is 15.4 Å². The number of carbonyl (C=O) groups is 1. The van der Waals surface area contributed by atoms with E-state index in [2.05, 4.69) is 10.6 Å². The van der Waals surface area contributed by atoms with Crippen LogP contribution in [0.4, 0.5) is 10.5 Å². The van der Waals surface area contributed by atoms with Crippen molar-refractivity contribution < 1.29 is 14.6 Å². The van der Waals surface area contributed by atoms with Crippen molar-refractivity contribution in [3.8, 4) is 5.75 Å². The van der Waals surface area contributed by atoms with E-state index in [1.54, 1.807) is 6.07 Å². The van der Waals surface area contributed by atoms with E-state index in [0.717, 1.165) is 25.7 Å². The standard InChI is InChI=1S/C15H22N2O3/c1-2-20-14-10-6-4-8-12(14)17-15(19)16-11-7-3-5-9-13(11)18/h4,6,8,10-11,13,18H,2-3,5,7,9H2,1H3,(H2,16,17,19)/t11-,13-/m1/s1. The lowest BCUT2D eigenvalue weighted by Gasteiger charge is -2.28. The molecule has 5 heteroatoms. The summed E-state index contributed by atoms with van der Waals surface area (Å²) in [6.07, 6.45) is 3.19. The van der Waals surface area contributed by atoms with Crippen molar-refractivity contribution in [2.45, 2.75) is 44.8 Å². The van der Waals surface area contributed by atoms with Crippen molar-refractivity contribution >= 4 is 11.7 Å². The van der Waals surface area contributed by atoms with Crippen molar-refractivity contribution in [3.63, 3.8) is 0 Å². The van der Waals surface area contributed by atoms with Crippen LogP contribution in [0.3, 0.4) is 0 Å². The first-order valence-corrected chi connectivity index (χ1v) is 7.18. The summed E-state index contributed by atoms with van der Waals surface area (Å²) >= 11 is 0. The number of amides is 2. The lowest BCUT2D eigenvalue weighted by Crippen LogP contribution is -2.46. The third-order valence-corrected chi connectivity index (χ3v) is 3.48. The molecule has 0 unspecified atom stereocenters. The van der Waals surface area contributed by atoms with Gasteiger partial charge in [0.1, 0.15) is 5.75 Å². The number of ether oxygens (including phenoxy) is 1. The molecular formula is C15H22N2O3. The predicted octanol–water partition coefficient (Wildman–Crippen LogP) is 2.51. The number of rotatable bonds is 4. The molecule has 20 heavy (non-hydrogen) atoms. The van der Waals surface area contributed by atoms with Gasteiger partial charge >= 0.3 is 6.03 Å². The average Bonchev–Trinajstić information content (AvgIpc) is 2.44. The van der Waals surface area contributed by atoms with Crippen molar-refractivity contribution in [1.82, 2.24) is 5.32 Å². The first-order valence-electron chi connectivity index (χ1n) is 7.18. The molecule has 0 spiro atoms. The molecule has 0 heterocycles. The van der Waals surface area contributed by atoms with E-state index in [9.17, 15) is 9.90 Å². The summed E-state index contributed by atoms with van der Waals surface area (Å²) in [6.45, 7) is 2.44. The number of anilines is 1. The molecule has 1 aliphatic carbocycles. The molecular weight excluding hydrogens is 256 g/mol. The van der Waals surface area contributed by atoms with Crippen LogP contribution in [0.1, 0.15) is 32.6 Å². The summed E-state index contributed by atoms with van der Waals surface area (Å²) in [4.78, 5) is 12.0. The van der Waals surface area contributed by atoms with Crippen LogP contribution >= 0.6 is 0 Å². The summed E-state index contributed by atoms with van der Waals surface area (Å²) < 4.78 is 5.46. The van der Waals surface area contributed by atoms with Crippen molar-refractivity contribution in [1.29, 1.82) is 0 Å². The Kier molecular flexibility index (Phi) is 5.24. The molecule has 2 atom stereocenters. The minimum absolute atomic E-state index is 0.164. The average molecular weight is 278 g/mol. The van der Waals surface area contributed by atoms with E-state index < -0.39 is 6.10 Å². The first kappa shape index (κ1) is 14.7. The fourth-order valence-electron chi connectivity index (χ4n) is 2.46.